The topological polar surface area (TPSA) is 32.3 Å². The molecule has 1 aliphatic heterocycles. The van der Waals surface area contributed by atoms with E-state index in [1.165, 1.54) is 29.0 Å². The van der Waals surface area contributed by atoms with Gasteiger partial charge in [0.05, 0.1) is 5.54 Å². The number of nitrogens with zero attached hydrogens (tertiary/aromatic N) is 1. The second-order valence-corrected chi connectivity index (χ2v) is 7.56. The van der Waals surface area contributed by atoms with Crippen LogP contribution in [0.5, 0.6) is 0 Å². The second-order valence-electron chi connectivity index (χ2n) is 6.24. The summed E-state index contributed by atoms with van der Waals surface area (Å²) < 4.78 is 0. The van der Waals surface area contributed by atoms with E-state index >= 15 is 0 Å². The Hall–Kier alpha value is -0.870. The van der Waals surface area contributed by atoms with Crippen LogP contribution in [-0.2, 0) is 4.79 Å². The van der Waals surface area contributed by atoms with Crippen LogP contribution in [0.1, 0.15) is 68.8 Å². The van der Waals surface area contributed by atoms with E-state index in [9.17, 15) is 4.79 Å². The van der Waals surface area contributed by atoms with E-state index < -0.39 is 5.54 Å². The van der Waals surface area contributed by atoms with Crippen LogP contribution in [0, 0.1) is 6.92 Å². The predicted molar refractivity (Wildman–Crippen MR) is 89.5 cm³/mol. The normalized spacial score (nSPS) is 25.8. The zero-order chi connectivity index (χ0) is 15.5. The standard InChI is InChI=1S/C17H28N2OS/c1-5-7-8-9-12-19-15(14-11-10-13(3)21-14)18-17(4,6-2)16(19)20/h10-11,15,18H,5-9,12H2,1-4H3. The van der Waals surface area contributed by atoms with E-state index in [1.54, 1.807) is 11.3 Å². The van der Waals surface area contributed by atoms with Gasteiger partial charge in [-0.2, -0.15) is 0 Å². The Bertz CT molecular complexity index is 485. The smallest absolute Gasteiger partial charge is 0.244 e. The van der Waals surface area contributed by atoms with Crippen molar-refractivity contribution in [3.05, 3.63) is 21.9 Å². The maximum atomic E-state index is 12.8. The highest BCUT2D eigenvalue weighted by atomic mass is 32.1. The van der Waals surface area contributed by atoms with Gasteiger partial charge in [-0.05, 0) is 38.8 Å². The van der Waals surface area contributed by atoms with Crippen molar-refractivity contribution in [2.45, 2.75) is 71.5 Å². The first-order valence-electron chi connectivity index (χ1n) is 8.17. The molecule has 1 aliphatic rings. The summed E-state index contributed by atoms with van der Waals surface area (Å²) in [6.45, 7) is 9.32. The van der Waals surface area contributed by atoms with Crippen molar-refractivity contribution in [1.82, 2.24) is 10.2 Å². The molecular weight excluding hydrogens is 280 g/mol. The highest BCUT2D eigenvalue weighted by Gasteiger charge is 2.47. The Balaban J connectivity index is 2.13. The zero-order valence-electron chi connectivity index (χ0n) is 13.7. The molecule has 118 valence electrons. The van der Waals surface area contributed by atoms with Crippen LogP contribution in [0.2, 0.25) is 0 Å². The highest BCUT2D eigenvalue weighted by Crippen LogP contribution is 2.35. The minimum absolute atomic E-state index is 0.0581. The molecule has 2 unspecified atom stereocenters. The number of carbonyl (C=O) groups excluding carboxylic acids is 1. The molecule has 1 aromatic rings. The van der Waals surface area contributed by atoms with Gasteiger partial charge in [0.15, 0.2) is 0 Å². The van der Waals surface area contributed by atoms with Gasteiger partial charge in [-0.3, -0.25) is 10.1 Å². The Labute approximate surface area is 132 Å². The van der Waals surface area contributed by atoms with Crippen LogP contribution < -0.4 is 5.32 Å². The number of amides is 1. The number of rotatable bonds is 7. The first-order chi connectivity index (χ1) is 10.0. The van der Waals surface area contributed by atoms with E-state index in [0.717, 1.165) is 19.4 Å². The average molecular weight is 308 g/mol. The molecule has 2 rings (SSSR count). The van der Waals surface area contributed by atoms with Gasteiger partial charge in [-0.15, -0.1) is 11.3 Å². The van der Waals surface area contributed by atoms with Gasteiger partial charge in [0.1, 0.15) is 6.17 Å². The largest absolute Gasteiger partial charge is 0.320 e. The minimum atomic E-state index is -0.409. The Kier molecular flexibility index (Phi) is 5.44. The van der Waals surface area contributed by atoms with Crippen LogP contribution in [0.3, 0.4) is 0 Å². The summed E-state index contributed by atoms with van der Waals surface area (Å²) in [6, 6.07) is 4.30. The molecule has 2 heterocycles. The SMILES string of the molecule is CCCCCCN1C(=O)C(C)(CC)NC1c1ccc(C)s1. The molecule has 0 saturated carbocycles. The fraction of sp³-hybridized carbons (Fsp3) is 0.706. The lowest BCUT2D eigenvalue weighted by Gasteiger charge is -2.23. The predicted octanol–water partition coefficient (Wildman–Crippen LogP) is 4.24. The van der Waals surface area contributed by atoms with Crippen LogP contribution in [-0.4, -0.2) is 22.9 Å². The van der Waals surface area contributed by atoms with E-state index in [-0.39, 0.29) is 12.1 Å². The van der Waals surface area contributed by atoms with Crippen LogP contribution >= 0.6 is 11.3 Å². The number of aryl methyl sites for hydroxylation is 1. The quantitative estimate of drug-likeness (QED) is 0.764. The van der Waals surface area contributed by atoms with Gasteiger partial charge < -0.3 is 4.90 Å². The molecule has 0 spiro atoms. The fourth-order valence-electron chi connectivity index (χ4n) is 2.89. The summed E-state index contributed by atoms with van der Waals surface area (Å²) in [6.07, 6.45) is 5.68. The number of thiophene rings is 1. The number of unbranched alkanes of at least 4 members (excludes halogenated alkanes) is 3. The first-order valence-corrected chi connectivity index (χ1v) is 8.98. The molecule has 1 aromatic heterocycles. The van der Waals surface area contributed by atoms with E-state index in [4.69, 9.17) is 0 Å². The van der Waals surface area contributed by atoms with E-state index in [0.29, 0.717) is 0 Å². The maximum absolute atomic E-state index is 12.8. The lowest BCUT2D eigenvalue weighted by atomic mass is 9.99. The Morgan fingerprint density at radius 3 is 2.62 bits per heavy atom. The van der Waals surface area contributed by atoms with Crippen molar-refractivity contribution in [2.75, 3.05) is 6.54 Å². The van der Waals surface area contributed by atoms with Gasteiger partial charge in [0.2, 0.25) is 5.91 Å². The molecule has 1 N–H and O–H groups in total. The van der Waals surface area contributed by atoms with Gasteiger partial charge in [-0.1, -0.05) is 33.1 Å². The average Bonchev–Trinajstić information content (AvgIpc) is 3.00. The third-order valence-electron chi connectivity index (χ3n) is 4.49. The number of carbonyl (C=O) groups is 1. The summed E-state index contributed by atoms with van der Waals surface area (Å²) >= 11 is 1.79. The number of hydrogen-bond acceptors (Lipinski definition) is 3. The van der Waals surface area contributed by atoms with Gasteiger partial charge in [-0.25, -0.2) is 0 Å². The molecule has 1 fully saturated rings. The molecule has 1 saturated heterocycles. The summed E-state index contributed by atoms with van der Waals surface area (Å²) in [7, 11) is 0. The Morgan fingerprint density at radius 2 is 2.05 bits per heavy atom. The second kappa shape index (κ2) is 6.93. The van der Waals surface area contributed by atoms with Crippen molar-refractivity contribution >= 4 is 17.2 Å². The summed E-state index contributed by atoms with van der Waals surface area (Å²) in [5.41, 5.74) is -0.409. The van der Waals surface area contributed by atoms with Crippen molar-refractivity contribution < 1.29 is 4.79 Å². The zero-order valence-corrected chi connectivity index (χ0v) is 14.6. The molecule has 1 amide bonds. The van der Waals surface area contributed by atoms with E-state index in [2.05, 4.69) is 43.1 Å². The minimum Gasteiger partial charge on any atom is -0.320 e. The first kappa shape index (κ1) is 16.5. The monoisotopic (exact) mass is 308 g/mol. The van der Waals surface area contributed by atoms with Crippen molar-refractivity contribution in [3.8, 4) is 0 Å². The third-order valence-corrected chi connectivity index (χ3v) is 5.54. The summed E-state index contributed by atoms with van der Waals surface area (Å²) in [5, 5.41) is 3.57. The molecular formula is C17H28N2OS. The van der Waals surface area contributed by atoms with Crippen LogP contribution in [0.4, 0.5) is 0 Å². The molecule has 4 heteroatoms. The highest BCUT2D eigenvalue weighted by molar-refractivity contribution is 7.12. The number of hydrogen-bond donors (Lipinski definition) is 1. The lowest BCUT2D eigenvalue weighted by molar-refractivity contribution is -0.133. The summed E-state index contributed by atoms with van der Waals surface area (Å²) in [5.74, 6) is 0.262. The van der Waals surface area contributed by atoms with Crippen LogP contribution in [0.25, 0.3) is 0 Å². The fourth-order valence-corrected chi connectivity index (χ4v) is 3.84. The number of nitrogens with one attached hydrogen (secondary N) is 1. The molecule has 2 atom stereocenters. The molecule has 0 radical (unpaired) electrons. The molecule has 0 bridgehead atoms. The molecule has 3 nitrogen and oxygen atoms in total. The summed E-state index contributed by atoms with van der Waals surface area (Å²) in [4.78, 5) is 17.4. The van der Waals surface area contributed by atoms with Crippen LogP contribution in [0.15, 0.2) is 12.1 Å². The molecule has 21 heavy (non-hydrogen) atoms. The van der Waals surface area contributed by atoms with Gasteiger partial charge >= 0.3 is 0 Å². The lowest BCUT2D eigenvalue weighted by Crippen LogP contribution is -2.43. The third kappa shape index (κ3) is 3.49. The molecule has 0 aromatic carbocycles. The van der Waals surface area contributed by atoms with Gasteiger partial charge in [0.25, 0.3) is 0 Å². The van der Waals surface area contributed by atoms with Gasteiger partial charge in [0, 0.05) is 16.3 Å². The van der Waals surface area contributed by atoms with Crippen molar-refractivity contribution in [2.24, 2.45) is 0 Å². The van der Waals surface area contributed by atoms with Crippen molar-refractivity contribution in [1.29, 1.82) is 0 Å². The maximum Gasteiger partial charge on any atom is 0.244 e. The van der Waals surface area contributed by atoms with Crippen molar-refractivity contribution in [3.63, 3.8) is 0 Å². The molecule has 0 aliphatic carbocycles. The van der Waals surface area contributed by atoms with E-state index in [1.807, 2.05) is 6.92 Å². The Morgan fingerprint density at radius 1 is 1.29 bits per heavy atom.